The lowest BCUT2D eigenvalue weighted by molar-refractivity contribution is 0.531. The van der Waals surface area contributed by atoms with E-state index in [0.29, 0.717) is 0 Å². The zero-order valence-electron chi connectivity index (χ0n) is 14.3. The van der Waals surface area contributed by atoms with Crippen LogP contribution in [0.15, 0.2) is 0 Å². The molecule has 0 aromatic rings. The van der Waals surface area contributed by atoms with E-state index in [2.05, 4.69) is 35.1 Å². The summed E-state index contributed by atoms with van der Waals surface area (Å²) in [6, 6.07) is 0. The molecule has 2 atom stereocenters. The number of unbranched alkanes of at least 4 members (excludes halogenated alkanes) is 2. The lowest BCUT2D eigenvalue weighted by atomic mass is 10.2. The average Bonchev–Trinajstić information content (AvgIpc) is 3.24. The van der Waals surface area contributed by atoms with Gasteiger partial charge < -0.3 is 21.3 Å². The molecule has 0 spiro atoms. The van der Waals surface area contributed by atoms with Crippen molar-refractivity contribution >= 4 is 0 Å². The maximum absolute atomic E-state index is 3.62. The van der Waals surface area contributed by atoms with Crippen LogP contribution in [0.3, 0.4) is 0 Å². The van der Waals surface area contributed by atoms with Crippen LogP contribution < -0.4 is 21.3 Å². The highest BCUT2D eigenvalue weighted by Crippen LogP contribution is 2.36. The lowest BCUT2D eigenvalue weighted by Crippen LogP contribution is -2.23. The van der Waals surface area contributed by atoms with Crippen molar-refractivity contribution in [2.75, 3.05) is 52.4 Å². The van der Waals surface area contributed by atoms with Crippen LogP contribution in [-0.4, -0.2) is 52.4 Å². The number of hydrogen-bond acceptors (Lipinski definition) is 4. The quantitative estimate of drug-likeness (QED) is 0.327. The molecule has 0 saturated heterocycles. The second kappa shape index (κ2) is 13.5. The van der Waals surface area contributed by atoms with Crippen LogP contribution in [0.25, 0.3) is 0 Å². The Balaban J connectivity index is 1.74. The van der Waals surface area contributed by atoms with Crippen molar-refractivity contribution < 1.29 is 0 Å². The van der Waals surface area contributed by atoms with Gasteiger partial charge in [-0.05, 0) is 96.3 Å². The van der Waals surface area contributed by atoms with Crippen LogP contribution >= 0.6 is 0 Å². The van der Waals surface area contributed by atoms with Gasteiger partial charge in [-0.15, -0.1) is 0 Å². The van der Waals surface area contributed by atoms with Gasteiger partial charge in [0.05, 0.1) is 0 Å². The standard InChI is InChI=1S/C17H38N4/c1-3-18-9-5-7-11-20-14-16-13-17(16)15-21-12-8-6-10-19-4-2/h16-21H,3-15H2,1-2H3/t16-,17+. The highest BCUT2D eigenvalue weighted by Gasteiger charge is 2.35. The molecule has 4 N–H and O–H groups in total. The van der Waals surface area contributed by atoms with Crippen molar-refractivity contribution in [2.45, 2.75) is 46.0 Å². The molecule has 0 amide bonds. The van der Waals surface area contributed by atoms with E-state index < -0.39 is 0 Å². The first-order valence-corrected chi connectivity index (χ1v) is 9.21. The molecule has 4 heteroatoms. The molecule has 1 aliphatic rings. The first-order chi connectivity index (χ1) is 10.4. The van der Waals surface area contributed by atoms with Crippen LogP contribution in [0.4, 0.5) is 0 Å². The van der Waals surface area contributed by atoms with Crippen LogP contribution in [0.5, 0.6) is 0 Å². The first-order valence-electron chi connectivity index (χ1n) is 9.21. The Morgan fingerprint density at radius 2 is 1.00 bits per heavy atom. The van der Waals surface area contributed by atoms with E-state index in [1.54, 1.807) is 0 Å². The van der Waals surface area contributed by atoms with E-state index in [4.69, 9.17) is 0 Å². The molecule has 126 valence electrons. The second-order valence-corrected chi connectivity index (χ2v) is 6.29. The van der Waals surface area contributed by atoms with Gasteiger partial charge in [-0.2, -0.15) is 0 Å². The fourth-order valence-corrected chi connectivity index (χ4v) is 2.74. The summed E-state index contributed by atoms with van der Waals surface area (Å²) in [6.07, 6.45) is 6.62. The molecule has 0 bridgehead atoms. The maximum atomic E-state index is 3.62. The summed E-state index contributed by atoms with van der Waals surface area (Å²) in [7, 11) is 0. The molecule has 1 saturated carbocycles. The van der Waals surface area contributed by atoms with Crippen LogP contribution in [0.1, 0.15) is 46.0 Å². The van der Waals surface area contributed by atoms with E-state index in [-0.39, 0.29) is 0 Å². The van der Waals surface area contributed by atoms with Crippen molar-refractivity contribution in [3.8, 4) is 0 Å². The summed E-state index contributed by atoms with van der Waals surface area (Å²) in [5, 5.41) is 14.0. The van der Waals surface area contributed by atoms with Crippen molar-refractivity contribution in [3.63, 3.8) is 0 Å². The van der Waals surface area contributed by atoms with Gasteiger partial charge in [0.2, 0.25) is 0 Å². The van der Waals surface area contributed by atoms with E-state index >= 15 is 0 Å². The van der Waals surface area contributed by atoms with Gasteiger partial charge in [-0.25, -0.2) is 0 Å². The van der Waals surface area contributed by atoms with Crippen molar-refractivity contribution in [3.05, 3.63) is 0 Å². The predicted molar refractivity (Wildman–Crippen MR) is 92.9 cm³/mol. The van der Waals surface area contributed by atoms with Gasteiger partial charge in [0.15, 0.2) is 0 Å². The van der Waals surface area contributed by atoms with Gasteiger partial charge in [-0.3, -0.25) is 0 Å². The Hall–Kier alpha value is -0.160. The molecule has 0 aromatic heterocycles. The summed E-state index contributed by atoms with van der Waals surface area (Å²) in [6.45, 7) is 13.7. The Labute approximate surface area is 132 Å². The molecule has 1 aliphatic carbocycles. The molecule has 0 aromatic carbocycles. The van der Waals surface area contributed by atoms with E-state index in [1.165, 1.54) is 71.4 Å². The van der Waals surface area contributed by atoms with E-state index in [0.717, 1.165) is 24.9 Å². The van der Waals surface area contributed by atoms with Gasteiger partial charge in [-0.1, -0.05) is 13.8 Å². The number of hydrogen-bond donors (Lipinski definition) is 4. The Morgan fingerprint density at radius 3 is 1.38 bits per heavy atom. The topological polar surface area (TPSA) is 48.1 Å². The molecule has 0 aliphatic heterocycles. The fraction of sp³-hybridized carbons (Fsp3) is 1.00. The van der Waals surface area contributed by atoms with Crippen molar-refractivity contribution in [1.29, 1.82) is 0 Å². The molecular weight excluding hydrogens is 260 g/mol. The Kier molecular flexibility index (Phi) is 12.1. The van der Waals surface area contributed by atoms with Gasteiger partial charge in [0.1, 0.15) is 0 Å². The summed E-state index contributed by atoms with van der Waals surface area (Å²) >= 11 is 0. The maximum Gasteiger partial charge on any atom is -0.00173 e. The molecule has 0 radical (unpaired) electrons. The molecule has 21 heavy (non-hydrogen) atoms. The zero-order chi connectivity index (χ0) is 15.2. The molecule has 0 unspecified atom stereocenters. The van der Waals surface area contributed by atoms with Crippen LogP contribution in [0.2, 0.25) is 0 Å². The fourth-order valence-electron chi connectivity index (χ4n) is 2.74. The van der Waals surface area contributed by atoms with Gasteiger partial charge >= 0.3 is 0 Å². The molecular formula is C17H38N4. The molecule has 1 rings (SSSR count). The minimum absolute atomic E-state index is 0.938. The number of rotatable bonds is 16. The van der Waals surface area contributed by atoms with Gasteiger partial charge in [0, 0.05) is 0 Å². The summed E-state index contributed by atoms with van der Waals surface area (Å²) in [4.78, 5) is 0. The Bertz CT molecular complexity index is 201. The Morgan fingerprint density at radius 1 is 0.619 bits per heavy atom. The summed E-state index contributed by atoms with van der Waals surface area (Å²) in [5.41, 5.74) is 0. The van der Waals surface area contributed by atoms with Gasteiger partial charge in [0.25, 0.3) is 0 Å². The molecule has 1 fully saturated rings. The third-order valence-electron chi connectivity index (χ3n) is 4.30. The third kappa shape index (κ3) is 11.1. The van der Waals surface area contributed by atoms with E-state index in [1.807, 2.05) is 0 Å². The number of nitrogens with one attached hydrogen (secondary N) is 4. The minimum Gasteiger partial charge on any atom is -0.317 e. The normalized spacial score (nSPS) is 20.9. The molecule has 4 nitrogen and oxygen atoms in total. The van der Waals surface area contributed by atoms with Crippen LogP contribution in [-0.2, 0) is 0 Å². The minimum atomic E-state index is 0.938. The second-order valence-electron chi connectivity index (χ2n) is 6.29. The predicted octanol–water partition coefficient (Wildman–Crippen LogP) is 1.58. The third-order valence-corrected chi connectivity index (χ3v) is 4.30. The zero-order valence-corrected chi connectivity index (χ0v) is 14.3. The smallest absolute Gasteiger partial charge is 0.00173 e. The molecule has 0 heterocycles. The summed E-state index contributed by atoms with van der Waals surface area (Å²) < 4.78 is 0. The highest BCUT2D eigenvalue weighted by molar-refractivity contribution is 4.89. The first kappa shape index (κ1) is 18.9. The monoisotopic (exact) mass is 298 g/mol. The highest BCUT2D eigenvalue weighted by atomic mass is 14.9. The largest absolute Gasteiger partial charge is 0.317 e. The van der Waals surface area contributed by atoms with Crippen LogP contribution in [0, 0.1) is 11.8 Å². The summed E-state index contributed by atoms with van der Waals surface area (Å²) in [5.74, 6) is 1.88. The van der Waals surface area contributed by atoms with E-state index in [9.17, 15) is 0 Å². The lowest BCUT2D eigenvalue weighted by Gasteiger charge is -2.06. The SMILES string of the molecule is CCNCCCCNC[C@@H]1C[C@@H]1CNCCCCNCC. The van der Waals surface area contributed by atoms with Crippen molar-refractivity contribution in [1.82, 2.24) is 21.3 Å². The average molecular weight is 299 g/mol. The van der Waals surface area contributed by atoms with Crippen molar-refractivity contribution in [2.24, 2.45) is 11.8 Å².